The summed E-state index contributed by atoms with van der Waals surface area (Å²) >= 11 is 0. The highest BCUT2D eigenvalue weighted by Crippen LogP contribution is 2.66. The van der Waals surface area contributed by atoms with Gasteiger partial charge in [0.15, 0.2) is 11.5 Å². The van der Waals surface area contributed by atoms with Crippen molar-refractivity contribution >= 4 is 0 Å². The van der Waals surface area contributed by atoms with E-state index >= 15 is 0 Å². The number of aromatic nitrogens is 4. The molecule has 4 aliphatic carbocycles. The Morgan fingerprint density at radius 1 is 0.971 bits per heavy atom. The van der Waals surface area contributed by atoms with Crippen LogP contribution in [0, 0.1) is 16.7 Å². The maximum Gasteiger partial charge on any atom is 0.346 e. The molecule has 4 saturated carbocycles. The van der Waals surface area contributed by atoms with Gasteiger partial charge in [0.25, 0.3) is 0 Å². The van der Waals surface area contributed by atoms with Crippen molar-refractivity contribution in [2.24, 2.45) is 16.7 Å². The van der Waals surface area contributed by atoms with Crippen molar-refractivity contribution in [2.75, 3.05) is 7.11 Å². The summed E-state index contributed by atoms with van der Waals surface area (Å²) in [6.45, 7) is 5.87. The fourth-order valence-corrected chi connectivity index (χ4v) is 7.91. The van der Waals surface area contributed by atoms with E-state index in [4.69, 9.17) is 9.47 Å². The minimum atomic E-state index is 0.267. The van der Waals surface area contributed by atoms with Gasteiger partial charge in [-0.2, -0.15) is 4.68 Å². The molecular weight excluding hydrogens is 426 g/mol. The lowest BCUT2D eigenvalue weighted by atomic mass is 9.43. The first-order valence-corrected chi connectivity index (χ1v) is 12.3. The number of hydrogen-bond donors (Lipinski definition) is 1. The van der Waals surface area contributed by atoms with Crippen molar-refractivity contribution in [3.8, 4) is 23.2 Å². The first-order chi connectivity index (χ1) is 16.4. The average Bonchev–Trinajstić information content (AvgIpc) is 3.25. The van der Waals surface area contributed by atoms with Crippen LogP contribution in [0.15, 0.2) is 48.5 Å². The number of para-hydroxylation sites is 1. The lowest BCUT2D eigenvalue weighted by molar-refractivity contribution is -0.118. The maximum atomic E-state index is 6.07. The third-order valence-electron chi connectivity index (χ3n) is 8.16. The molecule has 1 heterocycles. The van der Waals surface area contributed by atoms with Gasteiger partial charge in [-0.05, 0) is 95.5 Å². The Bertz CT molecular complexity index is 1170. The van der Waals surface area contributed by atoms with E-state index in [1.165, 1.54) is 44.1 Å². The van der Waals surface area contributed by atoms with Crippen LogP contribution >= 0.6 is 0 Å². The summed E-state index contributed by atoms with van der Waals surface area (Å²) in [7, 11) is 1.67. The van der Waals surface area contributed by atoms with Crippen LogP contribution in [-0.4, -0.2) is 32.9 Å². The van der Waals surface area contributed by atoms with E-state index in [-0.39, 0.29) is 5.54 Å². The Hall–Kier alpha value is -2.93. The van der Waals surface area contributed by atoms with Gasteiger partial charge >= 0.3 is 6.01 Å². The van der Waals surface area contributed by atoms with Gasteiger partial charge in [0.1, 0.15) is 0 Å². The van der Waals surface area contributed by atoms with Crippen LogP contribution in [0.1, 0.15) is 57.9 Å². The Morgan fingerprint density at radius 3 is 2.44 bits per heavy atom. The topological polar surface area (TPSA) is 74.1 Å². The molecule has 2 unspecified atom stereocenters. The minimum absolute atomic E-state index is 0.267. The summed E-state index contributed by atoms with van der Waals surface area (Å²) in [6.07, 6.45) is 8.13. The molecule has 0 radical (unpaired) electrons. The molecule has 4 fully saturated rings. The van der Waals surface area contributed by atoms with Crippen LogP contribution < -0.4 is 14.8 Å². The quantitative estimate of drug-likeness (QED) is 0.517. The number of methoxy groups -OCH3 is 1. The zero-order chi connectivity index (χ0) is 23.4. The number of ether oxygens (including phenoxy) is 2. The third kappa shape index (κ3) is 3.86. The Morgan fingerprint density at radius 2 is 1.74 bits per heavy atom. The summed E-state index contributed by atoms with van der Waals surface area (Å²) in [4.78, 5) is 0. The molecule has 7 heteroatoms. The number of nitrogens with zero attached hydrogens (tertiary/aromatic N) is 4. The fourth-order valence-electron chi connectivity index (χ4n) is 7.91. The van der Waals surface area contributed by atoms with Crippen LogP contribution in [0.4, 0.5) is 0 Å². The Labute approximate surface area is 200 Å². The SMILES string of the molecule is COc1cc(CNC23CC4C[C@@](C)(C2)C[C@](C)(C4)C3)ccc1Oc1nnnn1-c1ccccc1. The number of benzene rings is 2. The van der Waals surface area contributed by atoms with Crippen molar-refractivity contribution in [2.45, 2.75) is 64.5 Å². The predicted octanol–water partition coefficient (Wildman–Crippen LogP) is 5.30. The number of tetrazole rings is 1. The van der Waals surface area contributed by atoms with Crippen LogP contribution in [-0.2, 0) is 6.54 Å². The largest absolute Gasteiger partial charge is 0.493 e. The maximum absolute atomic E-state index is 6.07. The van der Waals surface area contributed by atoms with Gasteiger partial charge in [0.05, 0.1) is 12.8 Å². The average molecular weight is 460 g/mol. The van der Waals surface area contributed by atoms with Crippen LogP contribution in [0.5, 0.6) is 17.5 Å². The molecule has 1 aromatic heterocycles. The lowest BCUT2D eigenvalue weighted by Crippen LogP contribution is -2.63. The normalized spacial score (nSPS) is 31.6. The number of nitrogens with one attached hydrogen (secondary N) is 1. The predicted molar refractivity (Wildman–Crippen MR) is 129 cm³/mol. The van der Waals surface area contributed by atoms with Gasteiger partial charge in [-0.15, -0.1) is 0 Å². The van der Waals surface area contributed by atoms with E-state index in [1.54, 1.807) is 11.8 Å². The number of hydrogen-bond acceptors (Lipinski definition) is 6. The second kappa shape index (κ2) is 7.80. The smallest absolute Gasteiger partial charge is 0.346 e. The first kappa shape index (κ1) is 21.6. The van der Waals surface area contributed by atoms with E-state index in [9.17, 15) is 0 Å². The molecule has 2 aromatic carbocycles. The molecule has 7 nitrogen and oxygen atoms in total. The van der Waals surface area contributed by atoms with E-state index in [0.29, 0.717) is 28.3 Å². The van der Waals surface area contributed by atoms with Crippen LogP contribution in [0.25, 0.3) is 5.69 Å². The Balaban J connectivity index is 1.19. The zero-order valence-electron chi connectivity index (χ0n) is 20.3. The van der Waals surface area contributed by atoms with Crippen molar-refractivity contribution in [3.63, 3.8) is 0 Å². The standard InChI is InChI=1S/C27H33N5O2/c1-25-12-20-13-26(2,16-25)18-27(14-20,17-25)28-15-19-9-10-22(23(11-19)33-3)34-24-29-30-31-32(24)21-7-5-4-6-8-21/h4-11,20,28H,12-18H2,1-3H3/t20?,25-,26+,27?. The molecule has 178 valence electrons. The van der Waals surface area contributed by atoms with E-state index < -0.39 is 0 Å². The third-order valence-corrected chi connectivity index (χ3v) is 8.16. The van der Waals surface area contributed by atoms with E-state index in [0.717, 1.165) is 18.2 Å². The summed E-state index contributed by atoms with van der Waals surface area (Å²) < 4.78 is 13.3. The molecule has 4 bridgehead atoms. The van der Waals surface area contributed by atoms with Gasteiger partial charge in [-0.25, -0.2) is 0 Å². The number of rotatable bonds is 7. The molecule has 4 atom stereocenters. The molecule has 3 aromatic rings. The Kier molecular flexibility index (Phi) is 4.96. The summed E-state index contributed by atoms with van der Waals surface area (Å²) in [6, 6.07) is 16.1. The monoisotopic (exact) mass is 459 g/mol. The highest BCUT2D eigenvalue weighted by Gasteiger charge is 2.59. The van der Waals surface area contributed by atoms with Gasteiger partial charge in [0, 0.05) is 12.1 Å². The van der Waals surface area contributed by atoms with Crippen molar-refractivity contribution in [1.29, 1.82) is 0 Å². The van der Waals surface area contributed by atoms with Crippen molar-refractivity contribution in [1.82, 2.24) is 25.5 Å². The molecule has 0 amide bonds. The lowest BCUT2D eigenvalue weighted by Gasteiger charge is -2.65. The summed E-state index contributed by atoms with van der Waals surface area (Å²) in [5.74, 6) is 2.14. The van der Waals surface area contributed by atoms with E-state index in [2.05, 4.69) is 46.8 Å². The van der Waals surface area contributed by atoms with Crippen molar-refractivity contribution in [3.05, 3.63) is 54.1 Å². The summed E-state index contributed by atoms with van der Waals surface area (Å²) in [5, 5.41) is 15.9. The molecule has 7 rings (SSSR count). The van der Waals surface area contributed by atoms with Gasteiger partial charge in [-0.1, -0.05) is 43.2 Å². The highest BCUT2D eigenvalue weighted by molar-refractivity contribution is 5.45. The highest BCUT2D eigenvalue weighted by atomic mass is 16.5. The second-order valence-electron chi connectivity index (χ2n) is 11.6. The van der Waals surface area contributed by atoms with Gasteiger partial charge in [-0.3, -0.25) is 0 Å². The molecule has 1 N–H and O–H groups in total. The zero-order valence-corrected chi connectivity index (χ0v) is 20.3. The first-order valence-electron chi connectivity index (χ1n) is 12.3. The van der Waals surface area contributed by atoms with Crippen molar-refractivity contribution < 1.29 is 9.47 Å². The van der Waals surface area contributed by atoms with Gasteiger partial charge < -0.3 is 14.8 Å². The molecular formula is C27H33N5O2. The fraction of sp³-hybridized carbons (Fsp3) is 0.519. The van der Waals surface area contributed by atoms with Crippen LogP contribution in [0.2, 0.25) is 0 Å². The molecule has 0 aliphatic heterocycles. The molecule has 34 heavy (non-hydrogen) atoms. The molecule has 4 aliphatic rings. The molecule has 0 spiro atoms. The van der Waals surface area contributed by atoms with Crippen LogP contribution in [0.3, 0.4) is 0 Å². The summed E-state index contributed by atoms with van der Waals surface area (Å²) in [5.41, 5.74) is 3.29. The second-order valence-corrected chi connectivity index (χ2v) is 11.6. The molecule has 0 saturated heterocycles. The minimum Gasteiger partial charge on any atom is -0.493 e. The van der Waals surface area contributed by atoms with E-state index in [1.807, 2.05) is 36.4 Å². The van der Waals surface area contributed by atoms with Gasteiger partial charge in [0.2, 0.25) is 0 Å².